The summed E-state index contributed by atoms with van der Waals surface area (Å²) in [5, 5.41) is 18.2. The molecule has 8 heteroatoms. The fraction of sp³-hybridized carbons (Fsp3) is 0.714. The number of carbonyl (C=O) groups is 2. The Morgan fingerprint density at radius 2 is 2.09 bits per heavy atom. The second-order valence-electron chi connectivity index (χ2n) is 5.46. The highest BCUT2D eigenvalue weighted by Gasteiger charge is 2.23. The molecule has 7 nitrogen and oxygen atoms in total. The minimum atomic E-state index is -0.751. The van der Waals surface area contributed by atoms with Crippen LogP contribution >= 0.6 is 11.3 Å². The van der Waals surface area contributed by atoms with Gasteiger partial charge >= 0.3 is 5.97 Å². The topological polar surface area (TPSA) is 92.6 Å². The fourth-order valence-corrected chi connectivity index (χ4v) is 3.16. The van der Waals surface area contributed by atoms with E-state index in [1.54, 1.807) is 4.90 Å². The number of carbonyl (C=O) groups excluding carboxylic acids is 1. The average Bonchev–Trinajstić information content (AvgIpc) is 2.91. The van der Waals surface area contributed by atoms with Crippen LogP contribution in [0.3, 0.4) is 0 Å². The molecule has 1 fully saturated rings. The molecule has 0 spiro atoms. The van der Waals surface area contributed by atoms with Crippen LogP contribution < -0.4 is 0 Å². The summed E-state index contributed by atoms with van der Waals surface area (Å²) in [6.07, 6.45) is 2.65. The van der Waals surface area contributed by atoms with Gasteiger partial charge in [-0.3, -0.25) is 9.59 Å². The van der Waals surface area contributed by atoms with Gasteiger partial charge in [-0.25, -0.2) is 0 Å². The van der Waals surface area contributed by atoms with E-state index in [4.69, 9.17) is 9.84 Å². The zero-order chi connectivity index (χ0) is 15.9. The van der Waals surface area contributed by atoms with E-state index in [0.717, 1.165) is 22.9 Å². The van der Waals surface area contributed by atoms with Crippen LogP contribution in [-0.4, -0.2) is 51.8 Å². The first-order valence-electron chi connectivity index (χ1n) is 7.41. The van der Waals surface area contributed by atoms with Crippen molar-refractivity contribution in [2.24, 2.45) is 5.92 Å². The highest BCUT2D eigenvalue weighted by Crippen LogP contribution is 2.22. The van der Waals surface area contributed by atoms with Gasteiger partial charge in [-0.1, -0.05) is 11.3 Å². The Bertz CT molecular complexity index is 512. The molecule has 1 aliphatic rings. The molecule has 0 unspecified atom stereocenters. The maximum Gasteiger partial charge on any atom is 0.303 e. The smallest absolute Gasteiger partial charge is 0.303 e. The van der Waals surface area contributed by atoms with E-state index < -0.39 is 5.97 Å². The van der Waals surface area contributed by atoms with Crippen LogP contribution in [0, 0.1) is 12.8 Å². The quantitative estimate of drug-likeness (QED) is 0.815. The highest BCUT2D eigenvalue weighted by molar-refractivity contribution is 7.11. The van der Waals surface area contributed by atoms with E-state index in [1.165, 1.54) is 11.3 Å². The Morgan fingerprint density at radius 1 is 1.36 bits per heavy atom. The van der Waals surface area contributed by atoms with Gasteiger partial charge < -0.3 is 14.7 Å². The normalized spacial score (nSPS) is 16.0. The Balaban J connectivity index is 1.63. The summed E-state index contributed by atoms with van der Waals surface area (Å²) in [5.74, 6) is -0.359. The number of aryl methyl sites for hydroxylation is 1. The lowest BCUT2D eigenvalue weighted by Gasteiger charge is -2.31. The van der Waals surface area contributed by atoms with Gasteiger partial charge in [-0.2, -0.15) is 0 Å². The van der Waals surface area contributed by atoms with E-state index in [0.29, 0.717) is 32.0 Å². The van der Waals surface area contributed by atoms with Crippen molar-refractivity contribution in [3.05, 3.63) is 10.0 Å². The fourth-order valence-electron chi connectivity index (χ4n) is 2.51. The molecule has 0 radical (unpaired) electrons. The van der Waals surface area contributed by atoms with Gasteiger partial charge in [0.15, 0.2) is 0 Å². The molecule has 0 bridgehead atoms. The number of carboxylic acids is 1. The summed E-state index contributed by atoms with van der Waals surface area (Å²) in [7, 11) is 0. The molecule has 2 heterocycles. The lowest BCUT2D eigenvalue weighted by atomic mass is 9.92. The Hall–Kier alpha value is -1.54. The molecule has 1 amide bonds. The van der Waals surface area contributed by atoms with Crippen molar-refractivity contribution in [2.45, 2.75) is 39.2 Å². The first kappa shape index (κ1) is 16.8. The number of ether oxygens (including phenoxy) is 1. The Labute approximate surface area is 133 Å². The average molecular weight is 327 g/mol. The summed E-state index contributed by atoms with van der Waals surface area (Å²) in [6, 6.07) is 0. The summed E-state index contributed by atoms with van der Waals surface area (Å²) < 4.78 is 5.39. The number of amides is 1. The van der Waals surface area contributed by atoms with Crippen LogP contribution in [0.2, 0.25) is 0 Å². The number of carboxylic acid groups (broad SMARTS) is 1. The molecule has 22 heavy (non-hydrogen) atoms. The van der Waals surface area contributed by atoms with Crippen LogP contribution in [0.25, 0.3) is 0 Å². The molecule has 1 saturated heterocycles. The molecular formula is C14H21N3O4S. The van der Waals surface area contributed by atoms with Gasteiger partial charge in [0.25, 0.3) is 0 Å². The van der Waals surface area contributed by atoms with Gasteiger partial charge in [-0.15, -0.1) is 10.2 Å². The molecule has 1 aromatic heterocycles. The molecule has 0 saturated carbocycles. The van der Waals surface area contributed by atoms with Crippen LogP contribution in [0.4, 0.5) is 0 Å². The third kappa shape index (κ3) is 5.34. The Morgan fingerprint density at radius 3 is 2.68 bits per heavy atom. The van der Waals surface area contributed by atoms with Gasteiger partial charge in [0.05, 0.1) is 0 Å². The molecule has 122 valence electrons. The van der Waals surface area contributed by atoms with Gasteiger partial charge in [0, 0.05) is 19.5 Å². The lowest BCUT2D eigenvalue weighted by molar-refractivity contribution is -0.139. The predicted molar refractivity (Wildman–Crippen MR) is 80.5 cm³/mol. The molecule has 1 aliphatic heterocycles. The van der Waals surface area contributed by atoms with E-state index in [-0.39, 0.29) is 18.9 Å². The van der Waals surface area contributed by atoms with Crippen LogP contribution in [0.1, 0.15) is 35.7 Å². The third-order valence-electron chi connectivity index (χ3n) is 3.75. The second-order valence-corrected chi connectivity index (χ2v) is 6.73. The third-order valence-corrected chi connectivity index (χ3v) is 4.56. The van der Waals surface area contributed by atoms with Crippen LogP contribution in [-0.2, 0) is 20.9 Å². The van der Waals surface area contributed by atoms with Crippen molar-refractivity contribution in [3.8, 4) is 0 Å². The van der Waals surface area contributed by atoms with Gasteiger partial charge in [0.1, 0.15) is 23.2 Å². The van der Waals surface area contributed by atoms with Crippen molar-refractivity contribution in [2.75, 3.05) is 19.7 Å². The number of aromatic nitrogens is 2. The SMILES string of the molecule is Cc1nnc(COCC(=O)N2CCC(CCC(=O)O)CC2)s1. The number of rotatable bonds is 7. The van der Waals surface area contributed by atoms with Gasteiger partial charge in [-0.05, 0) is 32.1 Å². The molecule has 0 aromatic carbocycles. The monoisotopic (exact) mass is 327 g/mol. The van der Waals surface area contributed by atoms with Crippen molar-refractivity contribution in [3.63, 3.8) is 0 Å². The summed E-state index contributed by atoms with van der Waals surface area (Å²) in [6.45, 7) is 3.61. The lowest BCUT2D eigenvalue weighted by Crippen LogP contribution is -2.40. The van der Waals surface area contributed by atoms with Crippen LogP contribution in [0.15, 0.2) is 0 Å². The standard InChI is InChI=1S/C14H21N3O4S/c1-10-15-16-12(22-10)8-21-9-13(18)17-6-4-11(5-7-17)2-3-14(19)20/h11H,2-9H2,1H3,(H,19,20). The summed E-state index contributed by atoms with van der Waals surface area (Å²) in [4.78, 5) is 24.4. The number of hydrogen-bond donors (Lipinski definition) is 1. The van der Waals surface area contributed by atoms with Crippen molar-refractivity contribution < 1.29 is 19.4 Å². The zero-order valence-electron chi connectivity index (χ0n) is 12.7. The second kappa shape index (κ2) is 8.19. The first-order chi connectivity index (χ1) is 10.5. The van der Waals surface area contributed by atoms with Crippen molar-refractivity contribution >= 4 is 23.2 Å². The summed E-state index contributed by atoms with van der Waals surface area (Å²) in [5.41, 5.74) is 0. The highest BCUT2D eigenvalue weighted by atomic mass is 32.1. The zero-order valence-corrected chi connectivity index (χ0v) is 13.5. The molecule has 0 atom stereocenters. The molecule has 1 N–H and O–H groups in total. The van der Waals surface area contributed by atoms with E-state index in [1.807, 2.05) is 6.92 Å². The number of nitrogens with zero attached hydrogens (tertiary/aromatic N) is 3. The minimum absolute atomic E-state index is 0.0158. The summed E-state index contributed by atoms with van der Waals surface area (Å²) >= 11 is 1.46. The number of piperidine rings is 1. The molecule has 2 rings (SSSR count). The number of hydrogen-bond acceptors (Lipinski definition) is 6. The largest absolute Gasteiger partial charge is 0.481 e. The Kier molecular flexibility index (Phi) is 6.26. The maximum atomic E-state index is 12.0. The first-order valence-corrected chi connectivity index (χ1v) is 8.22. The minimum Gasteiger partial charge on any atom is -0.481 e. The maximum absolute atomic E-state index is 12.0. The van der Waals surface area contributed by atoms with E-state index >= 15 is 0 Å². The number of aliphatic carboxylic acids is 1. The number of likely N-dealkylation sites (tertiary alicyclic amines) is 1. The predicted octanol–water partition coefficient (Wildman–Crippen LogP) is 1.47. The molecular weight excluding hydrogens is 306 g/mol. The van der Waals surface area contributed by atoms with E-state index in [9.17, 15) is 9.59 Å². The van der Waals surface area contributed by atoms with Crippen molar-refractivity contribution in [1.82, 2.24) is 15.1 Å². The van der Waals surface area contributed by atoms with Gasteiger partial charge in [0.2, 0.25) is 5.91 Å². The molecule has 0 aliphatic carbocycles. The van der Waals surface area contributed by atoms with Crippen LogP contribution in [0.5, 0.6) is 0 Å². The van der Waals surface area contributed by atoms with Crippen molar-refractivity contribution in [1.29, 1.82) is 0 Å². The van der Waals surface area contributed by atoms with E-state index in [2.05, 4.69) is 10.2 Å². The molecule has 1 aromatic rings.